The molecule has 2 amide bonds. The lowest BCUT2D eigenvalue weighted by molar-refractivity contribution is -0.145. The van der Waals surface area contributed by atoms with Gasteiger partial charge in [-0.05, 0) is 17.9 Å². The Morgan fingerprint density at radius 1 is 1.14 bits per heavy atom. The van der Waals surface area contributed by atoms with E-state index in [9.17, 15) is 19.2 Å². The van der Waals surface area contributed by atoms with Crippen molar-refractivity contribution >= 4 is 30.9 Å². The van der Waals surface area contributed by atoms with E-state index in [-0.39, 0.29) is 18.0 Å². The number of carbonyl (C=O) groups is 4. The SMILES string of the molecule is CC(C)C[C@H](NC(=O)[C@H](Cc1ccccc1)NC(=O)c1cnccn1)B1OC(=O)[C@@H](CC(=O)O)O1. The molecule has 0 bridgehead atoms. The van der Waals surface area contributed by atoms with Crippen LogP contribution >= 0.6 is 0 Å². The smallest absolute Gasteiger partial charge is 0.506 e. The molecule has 2 aromatic rings. The number of nitrogens with zero attached hydrogens (tertiary/aromatic N) is 2. The van der Waals surface area contributed by atoms with Gasteiger partial charge in [-0.3, -0.25) is 24.2 Å². The van der Waals surface area contributed by atoms with Gasteiger partial charge in [0, 0.05) is 18.8 Å². The average molecular weight is 482 g/mol. The van der Waals surface area contributed by atoms with Crippen LogP contribution in [-0.4, -0.2) is 64.0 Å². The summed E-state index contributed by atoms with van der Waals surface area (Å²) < 4.78 is 10.8. The molecule has 0 radical (unpaired) electrons. The number of hydrogen-bond donors (Lipinski definition) is 3. The van der Waals surface area contributed by atoms with Crippen LogP contribution < -0.4 is 10.6 Å². The summed E-state index contributed by atoms with van der Waals surface area (Å²) in [6.45, 7) is 3.84. The van der Waals surface area contributed by atoms with Gasteiger partial charge in [0.1, 0.15) is 11.7 Å². The monoisotopic (exact) mass is 482 g/mol. The number of aliphatic carboxylic acids is 1. The Morgan fingerprint density at radius 3 is 2.51 bits per heavy atom. The Morgan fingerprint density at radius 2 is 1.89 bits per heavy atom. The van der Waals surface area contributed by atoms with Crippen LogP contribution in [0.5, 0.6) is 0 Å². The first-order valence-electron chi connectivity index (χ1n) is 11.2. The number of hydrogen-bond acceptors (Lipinski definition) is 8. The van der Waals surface area contributed by atoms with Crippen LogP contribution in [0.1, 0.15) is 42.7 Å². The fraction of sp³-hybridized carbons (Fsp3) is 0.391. The molecule has 3 N–H and O–H groups in total. The third kappa shape index (κ3) is 7.61. The first-order chi connectivity index (χ1) is 16.7. The van der Waals surface area contributed by atoms with E-state index in [4.69, 9.17) is 14.4 Å². The van der Waals surface area contributed by atoms with Gasteiger partial charge in [0.05, 0.1) is 18.6 Å². The minimum atomic E-state index is -1.25. The molecule has 1 aliphatic rings. The number of benzene rings is 1. The Labute approximate surface area is 202 Å². The van der Waals surface area contributed by atoms with E-state index in [1.54, 1.807) is 0 Å². The van der Waals surface area contributed by atoms with Crippen LogP contribution in [0.25, 0.3) is 0 Å². The van der Waals surface area contributed by atoms with Crippen molar-refractivity contribution in [3.63, 3.8) is 0 Å². The van der Waals surface area contributed by atoms with E-state index in [0.29, 0.717) is 6.42 Å². The largest absolute Gasteiger partial charge is 0.552 e. The first-order valence-corrected chi connectivity index (χ1v) is 11.2. The van der Waals surface area contributed by atoms with Gasteiger partial charge < -0.3 is 25.0 Å². The van der Waals surface area contributed by atoms with E-state index in [1.807, 2.05) is 44.2 Å². The van der Waals surface area contributed by atoms with E-state index < -0.39 is 55.4 Å². The Hall–Kier alpha value is -3.80. The fourth-order valence-electron chi connectivity index (χ4n) is 3.64. The lowest BCUT2D eigenvalue weighted by Crippen LogP contribution is -2.55. The van der Waals surface area contributed by atoms with Crippen molar-refractivity contribution in [3.8, 4) is 0 Å². The summed E-state index contributed by atoms with van der Waals surface area (Å²) in [5, 5.41) is 14.5. The molecule has 1 aromatic heterocycles. The van der Waals surface area contributed by atoms with E-state index in [2.05, 4.69) is 20.6 Å². The molecule has 0 spiro atoms. The van der Waals surface area contributed by atoms with E-state index >= 15 is 0 Å². The zero-order chi connectivity index (χ0) is 25.4. The highest BCUT2D eigenvalue weighted by Gasteiger charge is 2.47. The van der Waals surface area contributed by atoms with E-state index in [0.717, 1.165) is 5.56 Å². The maximum atomic E-state index is 13.4. The Balaban J connectivity index is 1.77. The molecule has 1 aromatic carbocycles. The summed E-state index contributed by atoms with van der Waals surface area (Å²) in [6, 6.07) is 8.18. The highest BCUT2D eigenvalue weighted by molar-refractivity contribution is 6.51. The van der Waals surface area contributed by atoms with Crippen LogP contribution in [0.4, 0.5) is 0 Å². The second kappa shape index (κ2) is 12.1. The maximum Gasteiger partial charge on any atom is 0.552 e. The van der Waals surface area contributed by atoms with Crippen LogP contribution in [-0.2, 0) is 30.1 Å². The topological polar surface area (TPSA) is 157 Å². The molecular weight excluding hydrogens is 455 g/mol. The molecule has 1 aliphatic heterocycles. The first kappa shape index (κ1) is 25.8. The van der Waals surface area contributed by atoms with Gasteiger partial charge in [0.15, 0.2) is 6.10 Å². The third-order valence-corrected chi connectivity index (χ3v) is 5.24. The Kier molecular flexibility index (Phi) is 8.90. The molecule has 184 valence electrons. The molecule has 2 heterocycles. The van der Waals surface area contributed by atoms with Gasteiger partial charge in [-0.1, -0.05) is 44.2 Å². The van der Waals surface area contributed by atoms with Crippen LogP contribution in [0.2, 0.25) is 0 Å². The summed E-state index contributed by atoms with van der Waals surface area (Å²) >= 11 is 0. The molecule has 1 saturated heterocycles. The number of amides is 2. The van der Waals surface area contributed by atoms with Gasteiger partial charge in [-0.2, -0.15) is 0 Å². The standard InChI is InChI=1S/C23H27BN4O7/c1-14(2)10-19(24-34-18(12-20(29)30)23(33)35-24)28-21(31)16(11-15-6-4-3-5-7-15)27-22(32)17-13-25-8-9-26-17/h3-9,13-14,16,18-19H,10-12H2,1-2H3,(H,27,32)(H,28,31)(H,29,30)/t16-,18+,19-/m0/s1. The lowest BCUT2D eigenvalue weighted by Gasteiger charge is -2.25. The molecule has 3 atom stereocenters. The van der Waals surface area contributed by atoms with Gasteiger partial charge in [0.2, 0.25) is 5.91 Å². The predicted molar refractivity (Wildman–Crippen MR) is 124 cm³/mol. The number of nitrogens with one attached hydrogen (secondary N) is 2. The van der Waals surface area contributed by atoms with Gasteiger partial charge >= 0.3 is 19.1 Å². The Bertz CT molecular complexity index is 1040. The van der Waals surface area contributed by atoms with Gasteiger partial charge in [0.25, 0.3) is 5.91 Å². The van der Waals surface area contributed by atoms with Crippen molar-refractivity contribution in [2.45, 2.75) is 51.2 Å². The summed E-state index contributed by atoms with van der Waals surface area (Å²) in [4.78, 5) is 57.0. The van der Waals surface area contributed by atoms with Crippen LogP contribution in [0, 0.1) is 5.92 Å². The molecule has 3 rings (SSSR count). The van der Waals surface area contributed by atoms with Crippen molar-refractivity contribution in [3.05, 3.63) is 60.2 Å². The van der Waals surface area contributed by atoms with Crippen molar-refractivity contribution in [2.24, 2.45) is 5.92 Å². The molecule has 0 unspecified atom stereocenters. The number of carboxylic acids is 1. The predicted octanol–water partition coefficient (Wildman–Crippen LogP) is 0.793. The second-order valence-corrected chi connectivity index (χ2v) is 8.58. The fourth-order valence-corrected chi connectivity index (χ4v) is 3.64. The quantitative estimate of drug-likeness (QED) is 0.394. The minimum Gasteiger partial charge on any atom is -0.506 e. The summed E-state index contributed by atoms with van der Waals surface area (Å²) in [5.74, 6) is -3.75. The summed E-state index contributed by atoms with van der Waals surface area (Å²) in [7, 11) is -1.15. The minimum absolute atomic E-state index is 0.0571. The van der Waals surface area contributed by atoms with Crippen molar-refractivity contribution in [1.29, 1.82) is 0 Å². The summed E-state index contributed by atoms with van der Waals surface area (Å²) in [6.07, 6.45) is 2.90. The van der Waals surface area contributed by atoms with Crippen molar-refractivity contribution < 1.29 is 33.6 Å². The highest BCUT2D eigenvalue weighted by atomic mass is 16.7. The molecule has 12 heteroatoms. The molecule has 35 heavy (non-hydrogen) atoms. The van der Waals surface area contributed by atoms with Gasteiger partial charge in [-0.25, -0.2) is 4.98 Å². The molecule has 0 aliphatic carbocycles. The maximum absolute atomic E-state index is 13.4. The molecular formula is C23H27BN4O7. The third-order valence-electron chi connectivity index (χ3n) is 5.24. The highest BCUT2D eigenvalue weighted by Crippen LogP contribution is 2.20. The second-order valence-electron chi connectivity index (χ2n) is 8.58. The number of aromatic nitrogens is 2. The van der Waals surface area contributed by atoms with Crippen LogP contribution in [0.3, 0.4) is 0 Å². The zero-order valence-electron chi connectivity index (χ0n) is 19.4. The van der Waals surface area contributed by atoms with E-state index in [1.165, 1.54) is 18.6 Å². The number of carboxylic acid groups (broad SMARTS) is 1. The zero-order valence-corrected chi connectivity index (χ0v) is 19.4. The van der Waals surface area contributed by atoms with Gasteiger partial charge in [-0.15, -0.1) is 0 Å². The van der Waals surface area contributed by atoms with Crippen LogP contribution in [0.15, 0.2) is 48.9 Å². The molecule has 1 fully saturated rings. The number of carbonyl (C=O) groups excluding carboxylic acids is 3. The van der Waals surface area contributed by atoms with Crippen molar-refractivity contribution in [1.82, 2.24) is 20.6 Å². The van der Waals surface area contributed by atoms with Crippen molar-refractivity contribution in [2.75, 3.05) is 0 Å². The average Bonchev–Trinajstić information content (AvgIpc) is 3.18. The molecule has 11 nitrogen and oxygen atoms in total. The normalized spacial score (nSPS) is 16.9. The lowest BCUT2D eigenvalue weighted by atomic mass is 9.74. The number of rotatable bonds is 11. The summed E-state index contributed by atoms with van der Waals surface area (Å²) in [5.41, 5.74) is 0.874. The molecule has 0 saturated carbocycles.